The van der Waals surface area contributed by atoms with Crippen molar-refractivity contribution in [1.82, 2.24) is 9.80 Å². The van der Waals surface area contributed by atoms with Crippen molar-refractivity contribution in [3.63, 3.8) is 0 Å². The minimum atomic E-state index is 0.318. The summed E-state index contributed by atoms with van der Waals surface area (Å²) in [5.74, 6) is 1.08. The maximum atomic E-state index is 13.1. The molecule has 37 heavy (non-hydrogen) atoms. The zero-order valence-corrected chi connectivity index (χ0v) is 22.5. The summed E-state index contributed by atoms with van der Waals surface area (Å²) in [6, 6.07) is 26.1. The van der Waals surface area contributed by atoms with Crippen LogP contribution >= 0.6 is 0 Å². The first-order valence-electron chi connectivity index (χ1n) is 14.3. The van der Waals surface area contributed by atoms with Crippen LogP contribution in [0.25, 0.3) is 0 Å². The average molecular weight is 495 g/mol. The molecule has 0 aliphatic carbocycles. The minimum absolute atomic E-state index is 0.318. The second kappa shape index (κ2) is 12.7. The van der Waals surface area contributed by atoms with Gasteiger partial charge in [0.25, 0.3) is 0 Å². The van der Waals surface area contributed by atoms with Gasteiger partial charge in [0.05, 0.1) is 0 Å². The second-order valence-electron chi connectivity index (χ2n) is 11.3. The van der Waals surface area contributed by atoms with E-state index in [2.05, 4.69) is 89.5 Å². The Hall–Kier alpha value is -2.75. The number of rotatable bonds is 9. The van der Waals surface area contributed by atoms with E-state index in [0.717, 1.165) is 50.5 Å². The van der Waals surface area contributed by atoms with Crippen LogP contribution in [0.1, 0.15) is 76.7 Å². The summed E-state index contributed by atoms with van der Waals surface area (Å²) in [7, 11) is 0. The van der Waals surface area contributed by atoms with Gasteiger partial charge in [-0.1, -0.05) is 72.3 Å². The number of fused-ring (bicyclic) bond motifs is 1. The lowest BCUT2D eigenvalue weighted by molar-refractivity contribution is 0.0973. The molecule has 0 bridgehead atoms. The van der Waals surface area contributed by atoms with Crippen molar-refractivity contribution in [2.24, 2.45) is 5.92 Å². The number of nitrogens with zero attached hydrogens (tertiary/aromatic N) is 2. The molecule has 0 amide bonds. The normalized spacial score (nSPS) is 17.3. The molecule has 0 radical (unpaired) electrons. The van der Waals surface area contributed by atoms with Gasteiger partial charge in [-0.2, -0.15) is 0 Å². The minimum Gasteiger partial charge on any atom is -0.299 e. The van der Waals surface area contributed by atoms with Gasteiger partial charge in [-0.15, -0.1) is 0 Å². The number of carbonyl (C=O) groups is 1. The number of benzene rings is 3. The van der Waals surface area contributed by atoms with Crippen molar-refractivity contribution in [3.05, 3.63) is 106 Å². The fourth-order valence-electron chi connectivity index (χ4n) is 6.18. The van der Waals surface area contributed by atoms with Crippen LogP contribution in [-0.2, 0) is 26.1 Å². The summed E-state index contributed by atoms with van der Waals surface area (Å²) in [6.07, 6.45) is 7.68. The molecule has 0 aromatic heterocycles. The number of likely N-dealkylation sites (tertiary alicyclic amines) is 1. The van der Waals surface area contributed by atoms with Crippen LogP contribution < -0.4 is 0 Å². The Morgan fingerprint density at radius 3 is 2.41 bits per heavy atom. The molecule has 2 heterocycles. The third-order valence-corrected chi connectivity index (χ3v) is 8.30. The molecule has 3 heteroatoms. The van der Waals surface area contributed by atoms with E-state index in [0.29, 0.717) is 12.2 Å². The van der Waals surface area contributed by atoms with Gasteiger partial charge in [0.2, 0.25) is 0 Å². The topological polar surface area (TPSA) is 23.6 Å². The number of ketones is 1. The first kappa shape index (κ1) is 25.9. The number of aryl methyl sites for hydroxylation is 2. The largest absolute Gasteiger partial charge is 0.299 e. The van der Waals surface area contributed by atoms with Gasteiger partial charge in [-0.25, -0.2) is 0 Å². The molecule has 0 spiro atoms. The molecule has 0 atom stereocenters. The number of hydrogen-bond donors (Lipinski definition) is 0. The molecule has 0 unspecified atom stereocenters. The molecule has 2 aliphatic rings. The van der Waals surface area contributed by atoms with Crippen LogP contribution in [0.4, 0.5) is 0 Å². The smallest absolute Gasteiger partial charge is 0.162 e. The Labute approximate surface area is 223 Å². The maximum Gasteiger partial charge on any atom is 0.162 e. The molecular weight excluding hydrogens is 452 g/mol. The van der Waals surface area contributed by atoms with Gasteiger partial charge in [0, 0.05) is 31.6 Å². The molecule has 0 N–H and O–H groups in total. The van der Waals surface area contributed by atoms with Crippen LogP contribution in [-0.4, -0.2) is 35.2 Å². The van der Waals surface area contributed by atoms with Gasteiger partial charge in [0.1, 0.15) is 0 Å². The van der Waals surface area contributed by atoms with E-state index in [1.54, 1.807) is 0 Å². The first-order chi connectivity index (χ1) is 18.1. The van der Waals surface area contributed by atoms with Gasteiger partial charge in [-0.3, -0.25) is 14.6 Å². The highest BCUT2D eigenvalue weighted by atomic mass is 16.1. The molecule has 194 valence electrons. The predicted octanol–water partition coefficient (Wildman–Crippen LogP) is 7.21. The lowest BCUT2D eigenvalue weighted by Crippen LogP contribution is -2.33. The van der Waals surface area contributed by atoms with E-state index >= 15 is 0 Å². The molecule has 2 aliphatic heterocycles. The highest BCUT2D eigenvalue weighted by Gasteiger charge is 2.20. The molecule has 3 nitrogen and oxygen atoms in total. The van der Waals surface area contributed by atoms with Gasteiger partial charge >= 0.3 is 0 Å². The fourth-order valence-corrected chi connectivity index (χ4v) is 6.18. The Morgan fingerprint density at radius 1 is 0.811 bits per heavy atom. The van der Waals surface area contributed by atoms with Crippen LogP contribution in [0.3, 0.4) is 0 Å². The molecule has 1 fully saturated rings. The number of Topliss-reactive ketones (excluding diaryl/α,β-unsaturated/α-hetero) is 1. The summed E-state index contributed by atoms with van der Waals surface area (Å²) >= 11 is 0. The Bertz CT molecular complexity index is 1160. The summed E-state index contributed by atoms with van der Waals surface area (Å²) in [6.45, 7) is 8.61. The fraction of sp³-hybridized carbons (Fsp3) is 0.441. The van der Waals surface area contributed by atoms with Crippen LogP contribution in [0, 0.1) is 12.8 Å². The zero-order valence-electron chi connectivity index (χ0n) is 22.5. The highest BCUT2D eigenvalue weighted by Crippen LogP contribution is 2.26. The van der Waals surface area contributed by atoms with Gasteiger partial charge < -0.3 is 0 Å². The van der Waals surface area contributed by atoms with Crippen molar-refractivity contribution >= 4 is 5.78 Å². The van der Waals surface area contributed by atoms with Gasteiger partial charge in [0.15, 0.2) is 5.78 Å². The Morgan fingerprint density at radius 2 is 1.59 bits per heavy atom. The van der Waals surface area contributed by atoms with Crippen molar-refractivity contribution in [3.8, 4) is 0 Å². The van der Waals surface area contributed by atoms with E-state index in [1.165, 1.54) is 66.6 Å². The standard InChI is InChI=1S/C34H42N2O/c1-27-8-5-12-30(22-27)25-35-20-17-28(18-21-35)11-6-14-34(37)32-16-15-31-13-7-19-36(26-33(31)23-32)24-29-9-3-2-4-10-29/h2-5,8-10,12,15-16,22-23,28H,6-7,11,13-14,17-21,24-26H2,1H3. The zero-order chi connectivity index (χ0) is 25.5. The van der Waals surface area contributed by atoms with Crippen LogP contribution in [0.15, 0.2) is 72.8 Å². The molecular formula is C34H42N2O. The Kier molecular flexibility index (Phi) is 8.86. The van der Waals surface area contributed by atoms with Gasteiger partial charge in [-0.05, 0) is 99.3 Å². The second-order valence-corrected chi connectivity index (χ2v) is 11.3. The van der Waals surface area contributed by atoms with E-state index in [-0.39, 0.29) is 0 Å². The van der Waals surface area contributed by atoms with E-state index in [4.69, 9.17) is 0 Å². The van der Waals surface area contributed by atoms with Crippen LogP contribution in [0.2, 0.25) is 0 Å². The number of hydrogen-bond acceptors (Lipinski definition) is 3. The molecule has 3 aromatic carbocycles. The average Bonchev–Trinajstić information content (AvgIpc) is 3.11. The van der Waals surface area contributed by atoms with Crippen molar-refractivity contribution < 1.29 is 4.79 Å². The maximum absolute atomic E-state index is 13.1. The number of piperidine rings is 1. The van der Waals surface area contributed by atoms with Crippen molar-refractivity contribution in [1.29, 1.82) is 0 Å². The highest BCUT2D eigenvalue weighted by molar-refractivity contribution is 5.96. The summed E-state index contributed by atoms with van der Waals surface area (Å²) in [5, 5.41) is 0. The molecule has 0 saturated carbocycles. The lowest BCUT2D eigenvalue weighted by Gasteiger charge is -2.32. The number of carbonyl (C=O) groups excluding carboxylic acids is 1. The van der Waals surface area contributed by atoms with E-state index in [9.17, 15) is 4.79 Å². The molecule has 5 rings (SSSR count). The third kappa shape index (κ3) is 7.40. The Balaban J connectivity index is 1.08. The van der Waals surface area contributed by atoms with E-state index in [1.807, 2.05) is 0 Å². The predicted molar refractivity (Wildman–Crippen MR) is 153 cm³/mol. The van der Waals surface area contributed by atoms with Crippen LogP contribution in [0.5, 0.6) is 0 Å². The summed E-state index contributed by atoms with van der Waals surface area (Å²) in [5.41, 5.74) is 7.81. The quantitative estimate of drug-likeness (QED) is 0.294. The monoisotopic (exact) mass is 494 g/mol. The van der Waals surface area contributed by atoms with Crippen molar-refractivity contribution in [2.45, 2.75) is 71.5 Å². The third-order valence-electron chi connectivity index (χ3n) is 8.30. The van der Waals surface area contributed by atoms with Crippen molar-refractivity contribution in [2.75, 3.05) is 19.6 Å². The molecule has 1 saturated heterocycles. The first-order valence-corrected chi connectivity index (χ1v) is 14.3. The summed E-state index contributed by atoms with van der Waals surface area (Å²) in [4.78, 5) is 18.2. The lowest BCUT2D eigenvalue weighted by atomic mass is 9.90. The van der Waals surface area contributed by atoms with E-state index < -0.39 is 0 Å². The SMILES string of the molecule is Cc1cccc(CN2CCC(CCCC(=O)c3ccc4c(c3)CN(Cc3ccccc3)CCC4)CC2)c1. The molecule has 3 aromatic rings. The summed E-state index contributed by atoms with van der Waals surface area (Å²) < 4.78 is 0.